The van der Waals surface area contributed by atoms with Crippen molar-refractivity contribution in [3.8, 4) is 22.6 Å². The molecule has 0 unspecified atom stereocenters. The molecule has 4 aromatic rings. The maximum absolute atomic E-state index is 13.1. The van der Waals surface area contributed by atoms with Gasteiger partial charge in [0, 0.05) is 6.07 Å². The second kappa shape index (κ2) is 8.42. The lowest BCUT2D eigenvalue weighted by atomic mass is 10.0. The molecule has 4 nitrogen and oxygen atoms in total. The molecule has 152 valence electrons. The molecule has 1 heterocycles. The molecule has 0 amide bonds. The quantitative estimate of drug-likeness (QED) is 0.347. The first-order valence-electron chi connectivity index (χ1n) is 9.25. The second-order valence-electron chi connectivity index (χ2n) is 6.79. The van der Waals surface area contributed by atoms with E-state index in [1.807, 2.05) is 30.3 Å². The van der Waals surface area contributed by atoms with Gasteiger partial charge in [-0.15, -0.1) is 0 Å². The maximum atomic E-state index is 13.1. The normalized spacial score (nSPS) is 10.9. The number of fused-ring (bicyclic) bond motifs is 1. The van der Waals surface area contributed by atoms with Crippen LogP contribution in [0.1, 0.15) is 11.3 Å². The minimum Gasteiger partial charge on any atom is -0.497 e. The van der Waals surface area contributed by atoms with Crippen molar-refractivity contribution in [3.63, 3.8) is 0 Å². The van der Waals surface area contributed by atoms with E-state index in [0.717, 1.165) is 16.9 Å². The molecule has 0 bridgehead atoms. The lowest BCUT2D eigenvalue weighted by Crippen LogP contribution is -2.07. The Balaban J connectivity index is 1.65. The van der Waals surface area contributed by atoms with Gasteiger partial charge >= 0.3 is 0 Å². The molecule has 30 heavy (non-hydrogen) atoms. The Bertz CT molecular complexity index is 1280. The topological polar surface area (TPSA) is 48.7 Å². The number of ether oxygens (including phenoxy) is 2. The fourth-order valence-electron chi connectivity index (χ4n) is 3.26. The summed E-state index contributed by atoms with van der Waals surface area (Å²) in [7, 11) is 1.60. The molecule has 0 aliphatic rings. The van der Waals surface area contributed by atoms with Crippen LogP contribution in [-0.4, -0.2) is 7.11 Å². The molecular weight excluding hydrogens is 423 g/mol. The number of methoxy groups -OCH3 is 1. The first-order chi connectivity index (χ1) is 14.5. The van der Waals surface area contributed by atoms with E-state index in [0.29, 0.717) is 44.7 Å². The van der Waals surface area contributed by atoms with Crippen LogP contribution in [0.5, 0.6) is 11.5 Å². The van der Waals surface area contributed by atoms with E-state index in [-0.39, 0.29) is 5.43 Å². The molecule has 0 saturated heterocycles. The van der Waals surface area contributed by atoms with Gasteiger partial charge in [0.15, 0.2) is 0 Å². The van der Waals surface area contributed by atoms with Crippen molar-refractivity contribution in [2.45, 2.75) is 13.5 Å². The van der Waals surface area contributed by atoms with Gasteiger partial charge in [-0.2, -0.15) is 0 Å². The van der Waals surface area contributed by atoms with Gasteiger partial charge in [0.1, 0.15) is 29.4 Å². The van der Waals surface area contributed by atoms with E-state index < -0.39 is 0 Å². The number of hydrogen-bond donors (Lipinski definition) is 0. The van der Waals surface area contributed by atoms with Crippen molar-refractivity contribution >= 4 is 34.2 Å². The molecule has 0 N–H and O–H groups in total. The summed E-state index contributed by atoms with van der Waals surface area (Å²) < 4.78 is 17.0. The van der Waals surface area contributed by atoms with Crippen molar-refractivity contribution < 1.29 is 13.9 Å². The summed E-state index contributed by atoms with van der Waals surface area (Å²) in [5, 5.41) is 1.47. The minimum absolute atomic E-state index is 0.0880. The first kappa shape index (κ1) is 20.3. The van der Waals surface area contributed by atoms with Crippen LogP contribution in [0.3, 0.4) is 0 Å². The van der Waals surface area contributed by atoms with Gasteiger partial charge in [0.05, 0.1) is 28.1 Å². The van der Waals surface area contributed by atoms with Crippen LogP contribution < -0.4 is 14.9 Å². The van der Waals surface area contributed by atoms with E-state index >= 15 is 0 Å². The lowest BCUT2D eigenvalue weighted by molar-refractivity contribution is 0.306. The SMILES string of the molecule is COc1ccc(-c2c(C)oc3cc(OCc4ccc(Cl)c(Cl)c4)ccc3c2=O)cc1. The Morgan fingerprint density at radius 2 is 1.63 bits per heavy atom. The van der Waals surface area contributed by atoms with Gasteiger partial charge in [-0.05, 0) is 54.4 Å². The maximum Gasteiger partial charge on any atom is 0.200 e. The number of rotatable bonds is 5. The van der Waals surface area contributed by atoms with Crippen LogP contribution in [0.25, 0.3) is 22.1 Å². The molecule has 0 atom stereocenters. The van der Waals surface area contributed by atoms with Gasteiger partial charge in [-0.3, -0.25) is 4.79 Å². The van der Waals surface area contributed by atoms with Crippen molar-refractivity contribution in [2.75, 3.05) is 7.11 Å². The molecule has 0 spiro atoms. The highest BCUT2D eigenvalue weighted by atomic mass is 35.5. The lowest BCUT2D eigenvalue weighted by Gasteiger charge is -2.10. The third kappa shape index (κ3) is 4.02. The van der Waals surface area contributed by atoms with Crippen LogP contribution in [0.4, 0.5) is 0 Å². The molecule has 0 saturated carbocycles. The van der Waals surface area contributed by atoms with E-state index in [1.165, 1.54) is 0 Å². The fraction of sp³-hybridized carbons (Fsp3) is 0.125. The van der Waals surface area contributed by atoms with Crippen LogP contribution in [0.2, 0.25) is 10.0 Å². The molecule has 6 heteroatoms. The molecule has 0 aliphatic heterocycles. The van der Waals surface area contributed by atoms with Crippen LogP contribution in [-0.2, 0) is 6.61 Å². The van der Waals surface area contributed by atoms with E-state index in [2.05, 4.69) is 0 Å². The Labute approximate surface area is 183 Å². The Morgan fingerprint density at radius 3 is 2.33 bits per heavy atom. The summed E-state index contributed by atoms with van der Waals surface area (Å²) in [4.78, 5) is 13.1. The Hall–Kier alpha value is -2.95. The van der Waals surface area contributed by atoms with Crippen LogP contribution >= 0.6 is 23.2 Å². The van der Waals surface area contributed by atoms with Crippen molar-refractivity contribution in [2.24, 2.45) is 0 Å². The van der Waals surface area contributed by atoms with Crippen molar-refractivity contribution in [1.82, 2.24) is 0 Å². The predicted octanol–water partition coefficient (Wildman–Crippen LogP) is 6.66. The zero-order chi connectivity index (χ0) is 21.3. The van der Waals surface area contributed by atoms with Gasteiger partial charge in [0.2, 0.25) is 5.43 Å². The summed E-state index contributed by atoms with van der Waals surface area (Å²) in [5.74, 6) is 1.86. The van der Waals surface area contributed by atoms with Gasteiger partial charge in [-0.1, -0.05) is 41.4 Å². The Morgan fingerprint density at radius 1 is 0.900 bits per heavy atom. The predicted molar refractivity (Wildman–Crippen MR) is 120 cm³/mol. The van der Waals surface area contributed by atoms with E-state index in [4.69, 9.17) is 37.1 Å². The standard InChI is InChI=1S/C24H18Cl2O4/c1-14-23(16-4-6-17(28-2)7-5-16)24(27)19-9-8-18(12-22(19)30-14)29-13-15-3-10-20(25)21(26)11-15/h3-12H,13H2,1-2H3. The summed E-state index contributed by atoms with van der Waals surface area (Å²) in [5.41, 5.74) is 2.59. The smallest absolute Gasteiger partial charge is 0.200 e. The first-order valence-corrected chi connectivity index (χ1v) is 10.0. The molecule has 4 rings (SSSR count). The van der Waals surface area contributed by atoms with E-state index in [9.17, 15) is 4.79 Å². The van der Waals surface area contributed by atoms with Gasteiger partial charge in [0.25, 0.3) is 0 Å². The number of hydrogen-bond acceptors (Lipinski definition) is 4. The molecule has 0 aliphatic carbocycles. The van der Waals surface area contributed by atoms with E-state index in [1.54, 1.807) is 44.4 Å². The van der Waals surface area contributed by atoms with Gasteiger partial charge < -0.3 is 13.9 Å². The molecule has 1 aromatic heterocycles. The average Bonchev–Trinajstić information content (AvgIpc) is 2.75. The number of benzene rings is 3. The molecule has 0 radical (unpaired) electrons. The molecular formula is C24H18Cl2O4. The number of aryl methyl sites for hydroxylation is 1. The minimum atomic E-state index is -0.0880. The van der Waals surface area contributed by atoms with Crippen molar-refractivity contribution in [3.05, 3.63) is 92.3 Å². The summed E-state index contributed by atoms with van der Waals surface area (Å²) in [6.07, 6.45) is 0. The zero-order valence-corrected chi connectivity index (χ0v) is 17.9. The zero-order valence-electron chi connectivity index (χ0n) is 16.4. The van der Waals surface area contributed by atoms with Gasteiger partial charge in [-0.25, -0.2) is 0 Å². The summed E-state index contributed by atoms with van der Waals surface area (Å²) in [6.45, 7) is 2.10. The highest BCUT2D eigenvalue weighted by Gasteiger charge is 2.14. The van der Waals surface area contributed by atoms with Crippen LogP contribution in [0.15, 0.2) is 69.9 Å². The average molecular weight is 441 g/mol. The summed E-state index contributed by atoms with van der Waals surface area (Å²) in [6, 6.07) is 17.9. The summed E-state index contributed by atoms with van der Waals surface area (Å²) >= 11 is 12.0. The molecule has 3 aromatic carbocycles. The monoisotopic (exact) mass is 440 g/mol. The highest BCUT2D eigenvalue weighted by molar-refractivity contribution is 6.42. The Kier molecular flexibility index (Phi) is 5.71. The third-order valence-electron chi connectivity index (χ3n) is 4.81. The third-order valence-corrected chi connectivity index (χ3v) is 5.55. The second-order valence-corrected chi connectivity index (χ2v) is 7.60. The van der Waals surface area contributed by atoms with Crippen molar-refractivity contribution in [1.29, 1.82) is 0 Å². The van der Waals surface area contributed by atoms with Crippen LogP contribution in [0, 0.1) is 6.92 Å². The number of halogens is 2. The molecule has 0 fully saturated rings. The fourth-order valence-corrected chi connectivity index (χ4v) is 3.58. The largest absolute Gasteiger partial charge is 0.497 e. The highest BCUT2D eigenvalue weighted by Crippen LogP contribution is 2.28.